The molecule has 88 valence electrons. The fourth-order valence-electron chi connectivity index (χ4n) is 1.86. The van der Waals surface area contributed by atoms with Gasteiger partial charge in [-0.05, 0) is 25.0 Å². The first-order chi connectivity index (χ1) is 7.64. The van der Waals surface area contributed by atoms with E-state index in [1.54, 1.807) is 25.3 Å². The molecule has 0 aliphatic carbocycles. The molecule has 4 nitrogen and oxygen atoms in total. The van der Waals surface area contributed by atoms with Crippen LogP contribution < -0.4 is 10.5 Å². The van der Waals surface area contributed by atoms with Gasteiger partial charge in [-0.2, -0.15) is 4.36 Å². The highest BCUT2D eigenvalue weighted by Gasteiger charge is 2.17. The van der Waals surface area contributed by atoms with E-state index in [9.17, 15) is 4.21 Å². The number of ether oxygens (including phenoxy) is 1. The Bertz CT molecular complexity index is 493. The van der Waals surface area contributed by atoms with Crippen molar-refractivity contribution in [3.8, 4) is 5.75 Å². The molecule has 0 radical (unpaired) electrons. The van der Waals surface area contributed by atoms with E-state index in [1.807, 2.05) is 0 Å². The van der Waals surface area contributed by atoms with E-state index in [0.717, 1.165) is 12.8 Å². The minimum absolute atomic E-state index is 0.525. The number of anilines is 1. The SMILES string of the molecule is COc1c(N)cccc1N=S1(=O)CCCC1. The summed E-state index contributed by atoms with van der Waals surface area (Å²) in [5.74, 6) is 1.90. The van der Waals surface area contributed by atoms with Gasteiger partial charge in [-0.15, -0.1) is 0 Å². The third-order valence-corrected chi connectivity index (χ3v) is 5.05. The zero-order valence-electron chi connectivity index (χ0n) is 9.31. The lowest BCUT2D eigenvalue weighted by Gasteiger charge is -2.08. The lowest BCUT2D eigenvalue weighted by atomic mass is 10.2. The zero-order valence-corrected chi connectivity index (χ0v) is 10.1. The van der Waals surface area contributed by atoms with E-state index < -0.39 is 9.73 Å². The lowest BCUT2D eigenvalue weighted by molar-refractivity contribution is 0.418. The molecule has 1 aliphatic rings. The largest absolute Gasteiger partial charge is 0.492 e. The summed E-state index contributed by atoms with van der Waals surface area (Å²) in [4.78, 5) is 0. The molecule has 0 aromatic heterocycles. The van der Waals surface area contributed by atoms with Crippen molar-refractivity contribution in [3.05, 3.63) is 18.2 Å². The summed E-state index contributed by atoms with van der Waals surface area (Å²) in [6.45, 7) is 0. The van der Waals surface area contributed by atoms with Crippen LogP contribution in [0.3, 0.4) is 0 Å². The van der Waals surface area contributed by atoms with Crippen molar-refractivity contribution >= 4 is 21.1 Å². The lowest BCUT2D eigenvalue weighted by Crippen LogP contribution is -2.00. The molecule has 1 fully saturated rings. The normalized spacial score (nSPS) is 18.3. The van der Waals surface area contributed by atoms with Crippen LogP contribution in [0, 0.1) is 0 Å². The molecule has 0 saturated carbocycles. The Labute approximate surface area is 96.0 Å². The van der Waals surface area contributed by atoms with Crippen molar-refractivity contribution in [3.63, 3.8) is 0 Å². The van der Waals surface area contributed by atoms with E-state index in [-0.39, 0.29) is 0 Å². The number of hydrogen-bond acceptors (Lipinski definition) is 4. The quantitative estimate of drug-likeness (QED) is 0.806. The summed E-state index contributed by atoms with van der Waals surface area (Å²) in [5.41, 5.74) is 6.91. The van der Waals surface area contributed by atoms with Gasteiger partial charge in [-0.1, -0.05) is 6.07 Å². The monoisotopic (exact) mass is 240 g/mol. The summed E-state index contributed by atoms with van der Waals surface area (Å²) in [5, 5.41) is 0. The van der Waals surface area contributed by atoms with Gasteiger partial charge in [0.25, 0.3) is 0 Å². The number of methoxy groups -OCH3 is 1. The highest BCUT2D eigenvalue weighted by Crippen LogP contribution is 2.34. The maximum absolute atomic E-state index is 12.3. The summed E-state index contributed by atoms with van der Waals surface area (Å²) < 4.78 is 21.8. The summed E-state index contributed by atoms with van der Waals surface area (Å²) >= 11 is 0. The van der Waals surface area contributed by atoms with E-state index in [4.69, 9.17) is 10.5 Å². The minimum atomic E-state index is -2.07. The standard InChI is InChI=1S/C11H16N2O2S/c1-15-11-9(12)5-4-6-10(11)13-16(14)7-2-3-8-16/h4-6H,2-3,7-8,12H2,1H3. The first-order valence-electron chi connectivity index (χ1n) is 5.30. The molecule has 0 amide bonds. The second-order valence-corrected chi connectivity index (χ2v) is 6.42. The van der Waals surface area contributed by atoms with Crippen LogP contribution in [0.2, 0.25) is 0 Å². The van der Waals surface area contributed by atoms with Gasteiger partial charge in [-0.3, -0.25) is 0 Å². The van der Waals surface area contributed by atoms with Crippen LogP contribution in [0.5, 0.6) is 5.75 Å². The number of benzene rings is 1. The van der Waals surface area contributed by atoms with Crippen molar-refractivity contribution < 1.29 is 8.95 Å². The Morgan fingerprint density at radius 1 is 1.38 bits per heavy atom. The molecular weight excluding hydrogens is 224 g/mol. The maximum Gasteiger partial charge on any atom is 0.168 e. The van der Waals surface area contributed by atoms with Gasteiger partial charge in [0.05, 0.1) is 22.5 Å². The van der Waals surface area contributed by atoms with Crippen molar-refractivity contribution in [2.75, 3.05) is 24.3 Å². The maximum atomic E-state index is 12.3. The molecule has 1 aliphatic heterocycles. The molecule has 0 atom stereocenters. The van der Waals surface area contributed by atoms with E-state index in [2.05, 4.69) is 4.36 Å². The second-order valence-electron chi connectivity index (χ2n) is 3.88. The highest BCUT2D eigenvalue weighted by atomic mass is 32.2. The fraction of sp³-hybridized carbons (Fsp3) is 0.455. The van der Waals surface area contributed by atoms with Gasteiger partial charge in [0, 0.05) is 11.5 Å². The Balaban J connectivity index is 2.49. The van der Waals surface area contributed by atoms with Gasteiger partial charge in [0.15, 0.2) is 5.75 Å². The Hall–Kier alpha value is -1.23. The van der Waals surface area contributed by atoms with E-state index in [0.29, 0.717) is 28.6 Å². The molecule has 5 heteroatoms. The number of nitrogens with zero attached hydrogens (tertiary/aromatic N) is 1. The smallest absolute Gasteiger partial charge is 0.168 e. The van der Waals surface area contributed by atoms with Crippen molar-refractivity contribution in [2.24, 2.45) is 4.36 Å². The van der Waals surface area contributed by atoms with Crippen LogP contribution in [0.4, 0.5) is 11.4 Å². The molecule has 16 heavy (non-hydrogen) atoms. The van der Waals surface area contributed by atoms with Crippen LogP contribution in [-0.4, -0.2) is 22.8 Å². The molecule has 0 spiro atoms. The molecule has 1 saturated heterocycles. The molecule has 2 rings (SSSR count). The van der Waals surface area contributed by atoms with Gasteiger partial charge in [0.1, 0.15) is 5.69 Å². The van der Waals surface area contributed by atoms with Crippen LogP contribution in [0.15, 0.2) is 22.6 Å². The van der Waals surface area contributed by atoms with Gasteiger partial charge < -0.3 is 10.5 Å². The first kappa shape index (κ1) is 11.3. The Kier molecular flexibility index (Phi) is 3.05. The Morgan fingerprint density at radius 2 is 2.06 bits per heavy atom. The van der Waals surface area contributed by atoms with Crippen LogP contribution >= 0.6 is 0 Å². The molecule has 1 aromatic carbocycles. The number of nitrogen functional groups attached to an aromatic ring is 1. The van der Waals surface area contributed by atoms with Crippen molar-refractivity contribution in [1.82, 2.24) is 0 Å². The third kappa shape index (κ3) is 2.14. The van der Waals surface area contributed by atoms with Crippen LogP contribution in [-0.2, 0) is 9.73 Å². The number of hydrogen-bond donors (Lipinski definition) is 1. The Morgan fingerprint density at radius 3 is 2.69 bits per heavy atom. The second kappa shape index (κ2) is 4.33. The van der Waals surface area contributed by atoms with Crippen LogP contribution in [0.1, 0.15) is 12.8 Å². The topological polar surface area (TPSA) is 64.7 Å². The van der Waals surface area contributed by atoms with Gasteiger partial charge >= 0.3 is 0 Å². The van der Waals surface area contributed by atoms with Gasteiger partial charge in [-0.25, -0.2) is 4.21 Å². The summed E-state index contributed by atoms with van der Waals surface area (Å²) in [7, 11) is -0.519. The zero-order chi connectivity index (χ0) is 11.6. The molecular formula is C11H16N2O2S. The number of para-hydroxylation sites is 1. The molecule has 2 N–H and O–H groups in total. The van der Waals surface area contributed by atoms with Crippen molar-refractivity contribution in [2.45, 2.75) is 12.8 Å². The highest BCUT2D eigenvalue weighted by molar-refractivity contribution is 7.93. The fourth-order valence-corrected chi connectivity index (χ4v) is 4.06. The summed E-state index contributed by atoms with van der Waals surface area (Å²) in [6.07, 6.45) is 1.99. The summed E-state index contributed by atoms with van der Waals surface area (Å²) in [6, 6.07) is 5.34. The average Bonchev–Trinajstić information content (AvgIpc) is 2.65. The van der Waals surface area contributed by atoms with Gasteiger partial charge in [0.2, 0.25) is 0 Å². The molecule has 0 bridgehead atoms. The van der Waals surface area contributed by atoms with Crippen molar-refractivity contribution in [1.29, 1.82) is 0 Å². The molecule has 1 heterocycles. The third-order valence-electron chi connectivity index (χ3n) is 2.67. The predicted octanol–water partition coefficient (Wildman–Crippen LogP) is 2.17. The minimum Gasteiger partial charge on any atom is -0.492 e. The van der Waals surface area contributed by atoms with Crippen LogP contribution in [0.25, 0.3) is 0 Å². The molecule has 1 aromatic rings. The average molecular weight is 240 g/mol. The van der Waals surface area contributed by atoms with E-state index in [1.165, 1.54) is 0 Å². The first-order valence-corrected chi connectivity index (χ1v) is 7.15. The molecule has 0 unspecified atom stereocenters. The number of rotatable bonds is 2. The number of nitrogens with two attached hydrogens (primary N) is 1. The van der Waals surface area contributed by atoms with E-state index >= 15 is 0 Å². The predicted molar refractivity (Wildman–Crippen MR) is 66.6 cm³/mol.